The van der Waals surface area contributed by atoms with Crippen molar-refractivity contribution in [2.75, 3.05) is 62.3 Å². The molecule has 0 bridgehead atoms. The molecule has 3 atom stereocenters. The van der Waals surface area contributed by atoms with Gasteiger partial charge >= 0.3 is 6.01 Å². The molecule has 1 aromatic carbocycles. The quantitative estimate of drug-likeness (QED) is 0.279. The highest BCUT2D eigenvalue weighted by atomic mass is 19.3. The third-order valence-corrected chi connectivity index (χ3v) is 10.6. The number of halogens is 2. The van der Waals surface area contributed by atoms with E-state index in [1.54, 1.807) is 9.80 Å². The molecule has 4 aliphatic heterocycles. The smallest absolute Gasteiger partial charge is 0.318 e. The molecule has 12 nitrogen and oxygen atoms in total. The number of aromatic nitrogens is 4. The maximum atomic E-state index is 13.3. The number of piperazine rings is 1. The molecule has 6 heterocycles. The molecule has 3 saturated heterocycles. The van der Waals surface area contributed by atoms with Crippen molar-refractivity contribution < 1.29 is 23.0 Å². The molecule has 50 heavy (non-hydrogen) atoms. The van der Waals surface area contributed by atoms with Gasteiger partial charge in [0, 0.05) is 49.8 Å². The number of carbonyl (C=O) groups excluding carboxylic acids is 1. The molecule has 3 aromatic rings. The minimum atomic E-state index is -2.41. The first kappa shape index (κ1) is 34.1. The minimum absolute atomic E-state index is 0.0718. The van der Waals surface area contributed by atoms with Gasteiger partial charge < -0.3 is 24.2 Å². The van der Waals surface area contributed by atoms with Gasteiger partial charge in [0.15, 0.2) is 6.23 Å². The van der Waals surface area contributed by atoms with Gasteiger partial charge in [0.25, 0.3) is 6.43 Å². The van der Waals surface area contributed by atoms with E-state index in [1.165, 1.54) is 6.08 Å². The lowest BCUT2D eigenvalue weighted by molar-refractivity contribution is -0.128. The lowest BCUT2D eigenvalue weighted by Gasteiger charge is -2.42. The lowest BCUT2D eigenvalue weighted by Crippen LogP contribution is -2.55. The van der Waals surface area contributed by atoms with Crippen LogP contribution in [0.25, 0.3) is 10.9 Å². The van der Waals surface area contributed by atoms with Crippen LogP contribution in [0.4, 0.5) is 20.3 Å². The number of amides is 1. The first-order valence-electron chi connectivity index (χ1n) is 17.8. The van der Waals surface area contributed by atoms with Gasteiger partial charge in [0.05, 0.1) is 54.7 Å². The molecule has 2 aromatic heterocycles. The lowest BCUT2D eigenvalue weighted by atomic mass is 10.0. The maximum Gasteiger partial charge on any atom is 0.318 e. The fraction of sp³-hybridized carbons (Fsp3) is 0.583. The number of nitriles is 1. The number of likely N-dealkylation sites (tertiary alicyclic amines) is 1. The van der Waals surface area contributed by atoms with Crippen molar-refractivity contribution in [3.05, 3.63) is 47.8 Å². The Morgan fingerprint density at radius 3 is 2.80 bits per heavy atom. The summed E-state index contributed by atoms with van der Waals surface area (Å²) >= 11 is 0. The number of hydrogen-bond donors (Lipinski definition) is 0. The number of alkyl halides is 2. The monoisotopic (exact) mass is 689 g/mol. The molecule has 0 N–H and O–H groups in total. The van der Waals surface area contributed by atoms with E-state index in [0.717, 1.165) is 84.5 Å². The summed E-state index contributed by atoms with van der Waals surface area (Å²) in [5.74, 6) is 0.550. The highest BCUT2D eigenvalue weighted by Crippen LogP contribution is 2.38. The summed E-state index contributed by atoms with van der Waals surface area (Å²) in [6.45, 7) is 9.70. The maximum absolute atomic E-state index is 13.3. The van der Waals surface area contributed by atoms with Crippen molar-refractivity contribution >= 4 is 28.3 Å². The summed E-state index contributed by atoms with van der Waals surface area (Å²) in [5.41, 5.74) is 5.14. The van der Waals surface area contributed by atoms with Crippen LogP contribution < -0.4 is 14.5 Å². The molecule has 266 valence electrons. The Morgan fingerprint density at radius 2 is 2.02 bits per heavy atom. The Hall–Kier alpha value is -4.35. The predicted molar refractivity (Wildman–Crippen MR) is 184 cm³/mol. The number of fused-ring (bicyclic) bond motifs is 2. The van der Waals surface area contributed by atoms with E-state index >= 15 is 0 Å². The van der Waals surface area contributed by atoms with Crippen LogP contribution in [0.1, 0.15) is 61.6 Å². The van der Waals surface area contributed by atoms with E-state index in [-0.39, 0.29) is 49.8 Å². The normalized spacial score (nSPS) is 22.9. The fourth-order valence-corrected chi connectivity index (χ4v) is 8.09. The SMILES string of the molecule is C=CC(=O)N1CCN(c2nc(OCC3CCCN3CC(F)F)nc3c2CCN(c2c(C)ccc4c2cnn4C2CCCCO2)C3)C[C@@H]1CC#N. The number of aryl methyl sites for hydroxylation is 1. The Labute approximate surface area is 291 Å². The number of rotatable bonds is 10. The van der Waals surface area contributed by atoms with Crippen molar-refractivity contribution in [2.24, 2.45) is 0 Å². The summed E-state index contributed by atoms with van der Waals surface area (Å²) < 4.78 is 40.9. The van der Waals surface area contributed by atoms with Crippen LogP contribution in [0.5, 0.6) is 6.01 Å². The van der Waals surface area contributed by atoms with Gasteiger partial charge in [-0.25, -0.2) is 13.5 Å². The van der Waals surface area contributed by atoms with Crippen LogP contribution in [0.3, 0.4) is 0 Å². The van der Waals surface area contributed by atoms with Crippen LogP contribution in [-0.2, 0) is 22.5 Å². The summed E-state index contributed by atoms with van der Waals surface area (Å²) in [7, 11) is 0. The van der Waals surface area contributed by atoms with Gasteiger partial charge in [-0.3, -0.25) is 9.69 Å². The zero-order valence-electron chi connectivity index (χ0n) is 28.6. The van der Waals surface area contributed by atoms with Gasteiger partial charge in [0.2, 0.25) is 5.91 Å². The molecule has 0 saturated carbocycles. The van der Waals surface area contributed by atoms with Crippen LogP contribution in [0.2, 0.25) is 0 Å². The zero-order valence-corrected chi connectivity index (χ0v) is 28.6. The van der Waals surface area contributed by atoms with Crippen molar-refractivity contribution in [1.82, 2.24) is 29.5 Å². The first-order chi connectivity index (χ1) is 24.3. The predicted octanol–water partition coefficient (Wildman–Crippen LogP) is 4.62. The Morgan fingerprint density at radius 1 is 1.14 bits per heavy atom. The number of ether oxygens (including phenoxy) is 2. The molecule has 2 unspecified atom stereocenters. The second kappa shape index (κ2) is 14.9. The van der Waals surface area contributed by atoms with Gasteiger partial charge in [-0.1, -0.05) is 12.6 Å². The van der Waals surface area contributed by atoms with Crippen molar-refractivity contribution in [2.45, 2.75) is 83.2 Å². The number of anilines is 2. The molecule has 1 amide bonds. The summed E-state index contributed by atoms with van der Waals surface area (Å²) in [5, 5.41) is 15.4. The summed E-state index contributed by atoms with van der Waals surface area (Å²) in [6, 6.07) is 6.25. The number of benzene rings is 1. The largest absolute Gasteiger partial charge is 0.462 e. The minimum Gasteiger partial charge on any atom is -0.462 e. The second-order valence-electron chi connectivity index (χ2n) is 13.7. The first-order valence-corrected chi connectivity index (χ1v) is 17.8. The van der Waals surface area contributed by atoms with Crippen molar-refractivity contribution in [1.29, 1.82) is 5.26 Å². The molecule has 0 spiro atoms. The molecule has 3 fully saturated rings. The number of hydrogen-bond acceptors (Lipinski definition) is 10. The Balaban J connectivity index is 1.20. The Bertz CT molecular complexity index is 1750. The third kappa shape index (κ3) is 6.85. The average molecular weight is 690 g/mol. The van der Waals surface area contributed by atoms with E-state index < -0.39 is 6.43 Å². The van der Waals surface area contributed by atoms with Crippen molar-refractivity contribution in [3.63, 3.8) is 0 Å². The summed E-state index contributed by atoms with van der Waals surface area (Å²) in [6.07, 6.45) is 6.36. The van der Waals surface area contributed by atoms with E-state index in [2.05, 4.69) is 41.5 Å². The van der Waals surface area contributed by atoms with Gasteiger partial charge in [-0.05, 0) is 69.7 Å². The zero-order chi connectivity index (χ0) is 34.8. The van der Waals surface area contributed by atoms with E-state index in [1.807, 2.05) is 10.9 Å². The standard InChI is InChI=1S/C36H45F2N9O3/c1-3-32(48)46-17-16-45(20-25(46)11-13-39)35-27-12-15-44(21-29(27)41-36(42-35)50-23-26-7-6-14-43(26)22-31(37)38)34-24(2)9-10-30-28(34)19-40-47(30)33-8-4-5-18-49-33/h3,9-10,19,25-26,31,33H,1,4-8,11-12,14-18,20-23H2,2H3/t25-,26?,33?/m0/s1. The molecular weight excluding hydrogens is 644 g/mol. The average Bonchev–Trinajstić information content (AvgIpc) is 3.76. The van der Waals surface area contributed by atoms with Gasteiger partial charge in [-0.2, -0.15) is 20.3 Å². The molecule has 7 rings (SSSR count). The Kier molecular flexibility index (Phi) is 10.1. The van der Waals surface area contributed by atoms with E-state index in [9.17, 15) is 18.8 Å². The molecule has 0 aliphatic carbocycles. The molecule has 14 heteroatoms. The van der Waals surface area contributed by atoms with Gasteiger partial charge in [-0.15, -0.1) is 0 Å². The highest BCUT2D eigenvalue weighted by molar-refractivity contribution is 5.94. The molecular formula is C36H45F2N9O3. The van der Waals surface area contributed by atoms with Crippen LogP contribution in [-0.4, -0.2) is 106 Å². The molecule has 0 radical (unpaired) electrons. The number of nitrogens with zero attached hydrogens (tertiary/aromatic N) is 9. The summed E-state index contributed by atoms with van der Waals surface area (Å²) in [4.78, 5) is 30.5. The second-order valence-corrected chi connectivity index (χ2v) is 13.7. The highest BCUT2D eigenvalue weighted by Gasteiger charge is 2.34. The van der Waals surface area contributed by atoms with Crippen LogP contribution >= 0.6 is 0 Å². The molecule has 4 aliphatic rings. The van der Waals surface area contributed by atoms with E-state index in [4.69, 9.17) is 24.5 Å². The number of carbonyl (C=O) groups is 1. The van der Waals surface area contributed by atoms with Gasteiger partial charge in [0.1, 0.15) is 12.4 Å². The third-order valence-electron chi connectivity index (χ3n) is 10.6. The topological polar surface area (TPSA) is 116 Å². The van der Waals surface area contributed by atoms with Crippen molar-refractivity contribution in [3.8, 4) is 12.1 Å². The van der Waals surface area contributed by atoms with E-state index in [0.29, 0.717) is 39.1 Å². The van der Waals surface area contributed by atoms with Crippen LogP contribution in [0.15, 0.2) is 31.0 Å². The fourth-order valence-electron chi connectivity index (χ4n) is 8.09. The van der Waals surface area contributed by atoms with Crippen LogP contribution in [0, 0.1) is 18.3 Å².